The smallest absolute Gasteiger partial charge is 0.335 e. The van der Waals surface area contributed by atoms with Crippen LogP contribution in [0.3, 0.4) is 0 Å². The fourth-order valence-electron chi connectivity index (χ4n) is 1.65. The first-order valence-electron chi connectivity index (χ1n) is 5.68. The summed E-state index contributed by atoms with van der Waals surface area (Å²) < 4.78 is 26.5. The molecular weight excluding hydrogens is 288 g/mol. The predicted octanol–water partition coefficient (Wildman–Crippen LogP) is 3.93. The van der Waals surface area contributed by atoms with Crippen molar-refractivity contribution in [3.63, 3.8) is 0 Å². The lowest BCUT2D eigenvalue weighted by atomic mass is 10.1. The van der Waals surface area contributed by atoms with Crippen molar-refractivity contribution in [3.8, 4) is 0 Å². The zero-order valence-electron chi connectivity index (χ0n) is 10.2. The van der Waals surface area contributed by atoms with Crippen molar-refractivity contribution < 1.29 is 18.7 Å². The summed E-state index contributed by atoms with van der Waals surface area (Å²) in [6.07, 6.45) is 0. The van der Waals surface area contributed by atoms with Gasteiger partial charge in [-0.05, 0) is 30.3 Å². The number of anilines is 1. The highest BCUT2D eigenvalue weighted by Gasteiger charge is 2.09. The Hall–Kier alpha value is -2.14. The highest BCUT2D eigenvalue weighted by atomic mass is 35.5. The molecule has 20 heavy (non-hydrogen) atoms. The molecule has 0 aliphatic rings. The van der Waals surface area contributed by atoms with E-state index in [1.807, 2.05) is 0 Å². The minimum atomic E-state index is -1.19. The molecule has 0 amide bonds. The van der Waals surface area contributed by atoms with E-state index in [0.717, 1.165) is 12.1 Å². The Bertz CT molecular complexity index is 662. The average Bonchev–Trinajstić information content (AvgIpc) is 2.38. The number of carboxylic acid groups (broad SMARTS) is 1. The van der Waals surface area contributed by atoms with Crippen molar-refractivity contribution >= 4 is 23.3 Å². The maximum atomic E-state index is 13.7. The molecule has 0 fully saturated rings. The summed E-state index contributed by atoms with van der Waals surface area (Å²) >= 11 is 5.83. The fourth-order valence-corrected chi connectivity index (χ4v) is 1.88. The monoisotopic (exact) mass is 297 g/mol. The zero-order valence-corrected chi connectivity index (χ0v) is 10.9. The third-order valence-corrected chi connectivity index (χ3v) is 3.01. The summed E-state index contributed by atoms with van der Waals surface area (Å²) in [4.78, 5) is 10.7. The molecule has 2 N–H and O–H groups in total. The van der Waals surface area contributed by atoms with Crippen molar-refractivity contribution in [1.82, 2.24) is 0 Å². The van der Waals surface area contributed by atoms with Gasteiger partial charge in [-0.1, -0.05) is 17.7 Å². The van der Waals surface area contributed by atoms with Crippen LogP contribution >= 0.6 is 11.6 Å². The molecule has 0 bridgehead atoms. The van der Waals surface area contributed by atoms with Gasteiger partial charge in [0.2, 0.25) is 0 Å². The van der Waals surface area contributed by atoms with Gasteiger partial charge in [0.05, 0.1) is 16.3 Å². The molecule has 0 atom stereocenters. The van der Waals surface area contributed by atoms with Crippen molar-refractivity contribution in [2.75, 3.05) is 5.32 Å². The van der Waals surface area contributed by atoms with E-state index in [1.165, 1.54) is 24.3 Å². The highest BCUT2D eigenvalue weighted by Crippen LogP contribution is 2.23. The van der Waals surface area contributed by atoms with Gasteiger partial charge in [0.1, 0.15) is 11.6 Å². The predicted molar refractivity (Wildman–Crippen MR) is 72.1 cm³/mol. The first-order valence-corrected chi connectivity index (χ1v) is 6.06. The van der Waals surface area contributed by atoms with Gasteiger partial charge in [0.15, 0.2) is 0 Å². The number of carbonyl (C=O) groups is 1. The maximum Gasteiger partial charge on any atom is 0.335 e. The number of rotatable bonds is 4. The van der Waals surface area contributed by atoms with Crippen LogP contribution in [0.25, 0.3) is 0 Å². The van der Waals surface area contributed by atoms with E-state index < -0.39 is 17.6 Å². The van der Waals surface area contributed by atoms with Gasteiger partial charge >= 0.3 is 5.97 Å². The molecule has 0 aromatic heterocycles. The lowest BCUT2D eigenvalue weighted by Gasteiger charge is -2.09. The molecule has 0 saturated heterocycles. The van der Waals surface area contributed by atoms with Crippen LogP contribution in [0.15, 0.2) is 36.4 Å². The van der Waals surface area contributed by atoms with E-state index in [1.54, 1.807) is 0 Å². The molecule has 0 aliphatic carbocycles. The Morgan fingerprint density at radius 2 is 1.95 bits per heavy atom. The third-order valence-electron chi connectivity index (χ3n) is 2.70. The van der Waals surface area contributed by atoms with E-state index in [-0.39, 0.29) is 22.7 Å². The van der Waals surface area contributed by atoms with Gasteiger partial charge in [-0.15, -0.1) is 0 Å². The Balaban J connectivity index is 2.13. The van der Waals surface area contributed by atoms with Gasteiger partial charge < -0.3 is 10.4 Å². The quantitative estimate of drug-likeness (QED) is 0.899. The average molecular weight is 298 g/mol. The molecule has 0 aliphatic heterocycles. The van der Waals surface area contributed by atoms with Crippen LogP contribution in [0.1, 0.15) is 15.9 Å². The van der Waals surface area contributed by atoms with Crippen LogP contribution in [0.2, 0.25) is 5.02 Å². The van der Waals surface area contributed by atoms with E-state index in [0.29, 0.717) is 5.69 Å². The standard InChI is InChI=1S/C14H10ClF2NO2/c15-11-6-10(16)3-4-13(11)18-7-9-2-1-8(14(19)20)5-12(9)17/h1-6,18H,7H2,(H,19,20). The van der Waals surface area contributed by atoms with Crippen molar-refractivity contribution in [2.45, 2.75) is 6.54 Å². The number of hydrogen-bond acceptors (Lipinski definition) is 2. The second-order valence-electron chi connectivity index (χ2n) is 4.09. The summed E-state index contributed by atoms with van der Waals surface area (Å²) in [7, 11) is 0. The maximum absolute atomic E-state index is 13.7. The summed E-state index contributed by atoms with van der Waals surface area (Å²) in [5, 5.41) is 11.8. The first kappa shape index (κ1) is 14.3. The third kappa shape index (κ3) is 3.24. The Kier molecular flexibility index (Phi) is 4.20. The minimum Gasteiger partial charge on any atom is -0.478 e. The summed E-state index contributed by atoms with van der Waals surface area (Å²) in [5.41, 5.74) is 0.635. The molecule has 0 saturated carbocycles. The molecule has 3 nitrogen and oxygen atoms in total. The fraction of sp³-hybridized carbons (Fsp3) is 0.0714. The molecule has 0 unspecified atom stereocenters. The molecule has 0 heterocycles. The van der Waals surface area contributed by atoms with Gasteiger partial charge in [0, 0.05) is 12.1 Å². The molecule has 0 radical (unpaired) electrons. The second kappa shape index (κ2) is 5.88. The van der Waals surface area contributed by atoms with Gasteiger partial charge in [-0.3, -0.25) is 0 Å². The minimum absolute atomic E-state index is 0.108. The lowest BCUT2D eigenvalue weighted by Crippen LogP contribution is -2.04. The molecule has 0 spiro atoms. The highest BCUT2D eigenvalue weighted by molar-refractivity contribution is 6.33. The van der Waals surface area contributed by atoms with Gasteiger partial charge in [0.25, 0.3) is 0 Å². The number of halogens is 3. The first-order chi connectivity index (χ1) is 9.47. The Morgan fingerprint density at radius 1 is 1.20 bits per heavy atom. The van der Waals surface area contributed by atoms with Crippen molar-refractivity contribution in [2.24, 2.45) is 0 Å². The Labute approximate surface area is 118 Å². The van der Waals surface area contributed by atoms with Crippen LogP contribution in [-0.4, -0.2) is 11.1 Å². The molecule has 6 heteroatoms. The lowest BCUT2D eigenvalue weighted by molar-refractivity contribution is 0.0696. The number of aromatic carboxylic acids is 1. The van der Waals surface area contributed by atoms with Gasteiger partial charge in [-0.25, -0.2) is 13.6 Å². The normalized spacial score (nSPS) is 10.3. The van der Waals surface area contributed by atoms with Gasteiger partial charge in [-0.2, -0.15) is 0 Å². The Morgan fingerprint density at radius 3 is 2.55 bits per heavy atom. The number of carboxylic acids is 1. The van der Waals surface area contributed by atoms with E-state index in [9.17, 15) is 13.6 Å². The van der Waals surface area contributed by atoms with Crippen LogP contribution in [0, 0.1) is 11.6 Å². The van der Waals surface area contributed by atoms with E-state index in [4.69, 9.17) is 16.7 Å². The van der Waals surface area contributed by atoms with E-state index in [2.05, 4.69) is 5.32 Å². The van der Waals surface area contributed by atoms with Crippen molar-refractivity contribution in [3.05, 3.63) is 64.2 Å². The second-order valence-corrected chi connectivity index (χ2v) is 4.50. The van der Waals surface area contributed by atoms with Crippen molar-refractivity contribution in [1.29, 1.82) is 0 Å². The topological polar surface area (TPSA) is 49.3 Å². The number of hydrogen-bond donors (Lipinski definition) is 2. The number of benzene rings is 2. The largest absolute Gasteiger partial charge is 0.478 e. The van der Waals surface area contributed by atoms with Crippen LogP contribution in [0.5, 0.6) is 0 Å². The molecular formula is C14H10ClF2NO2. The van der Waals surface area contributed by atoms with E-state index >= 15 is 0 Å². The molecule has 2 aromatic carbocycles. The van der Waals surface area contributed by atoms with Crippen LogP contribution in [-0.2, 0) is 6.54 Å². The molecule has 2 aromatic rings. The summed E-state index contributed by atoms with van der Waals surface area (Å²) in [6.45, 7) is 0.108. The SMILES string of the molecule is O=C(O)c1ccc(CNc2ccc(F)cc2Cl)c(F)c1. The molecule has 2 rings (SSSR count). The molecule has 104 valence electrons. The number of nitrogens with one attached hydrogen (secondary N) is 1. The summed E-state index contributed by atoms with van der Waals surface area (Å²) in [5.74, 6) is -2.28. The summed E-state index contributed by atoms with van der Waals surface area (Å²) in [6, 6.07) is 7.47. The van der Waals surface area contributed by atoms with Crippen LogP contribution in [0.4, 0.5) is 14.5 Å². The zero-order chi connectivity index (χ0) is 14.7. The van der Waals surface area contributed by atoms with Crippen LogP contribution < -0.4 is 5.32 Å².